The van der Waals surface area contributed by atoms with Crippen molar-refractivity contribution < 1.29 is 19.1 Å². The fourth-order valence-electron chi connectivity index (χ4n) is 3.03. The van der Waals surface area contributed by atoms with Gasteiger partial charge in [-0.1, -0.05) is 48.5 Å². The van der Waals surface area contributed by atoms with Crippen LogP contribution in [0.15, 0.2) is 78.9 Å². The average Bonchev–Trinajstić information content (AvgIpc) is 2.74. The molecule has 4 rings (SSSR count). The van der Waals surface area contributed by atoms with Gasteiger partial charge in [-0.15, -0.1) is 0 Å². The van der Waals surface area contributed by atoms with Gasteiger partial charge in [0.25, 0.3) is 11.8 Å². The van der Waals surface area contributed by atoms with Gasteiger partial charge in [-0.25, -0.2) is 0 Å². The number of nitrogens with one attached hydrogen (secondary N) is 2. The highest BCUT2D eigenvalue weighted by Gasteiger charge is 2.26. The van der Waals surface area contributed by atoms with Gasteiger partial charge in [-0.05, 0) is 37.3 Å². The van der Waals surface area contributed by atoms with Crippen LogP contribution < -0.4 is 20.1 Å². The van der Waals surface area contributed by atoms with Crippen molar-refractivity contribution in [3.8, 4) is 11.5 Å². The average molecular weight is 388 g/mol. The predicted molar refractivity (Wildman–Crippen MR) is 110 cm³/mol. The summed E-state index contributed by atoms with van der Waals surface area (Å²) in [7, 11) is 0. The lowest BCUT2D eigenvalue weighted by atomic mass is 10.1. The molecule has 0 unspecified atom stereocenters. The molecule has 1 aliphatic rings. The maximum atomic E-state index is 13.0. The number of hydrogen-bond donors (Lipinski definition) is 2. The minimum atomic E-state index is -0.833. The van der Waals surface area contributed by atoms with Crippen LogP contribution in [0.4, 0.5) is 11.4 Å². The van der Waals surface area contributed by atoms with E-state index >= 15 is 0 Å². The van der Waals surface area contributed by atoms with Crippen LogP contribution in [0.1, 0.15) is 18.6 Å². The van der Waals surface area contributed by atoms with Gasteiger partial charge < -0.3 is 20.1 Å². The number of anilines is 2. The van der Waals surface area contributed by atoms with Gasteiger partial charge in [0.15, 0.2) is 6.10 Å². The van der Waals surface area contributed by atoms with Crippen LogP contribution in [0.3, 0.4) is 0 Å². The molecular weight excluding hydrogens is 368 g/mol. The molecular formula is C23H20N2O4. The molecule has 0 aromatic heterocycles. The number of rotatable bonds is 5. The highest BCUT2D eigenvalue weighted by Crippen LogP contribution is 2.33. The molecule has 6 nitrogen and oxygen atoms in total. The molecule has 2 amide bonds. The minimum Gasteiger partial charge on any atom is -0.479 e. The van der Waals surface area contributed by atoms with E-state index in [0.717, 1.165) is 5.56 Å². The molecule has 3 aromatic carbocycles. The molecule has 1 aliphatic heterocycles. The van der Waals surface area contributed by atoms with Gasteiger partial charge in [-0.3, -0.25) is 9.59 Å². The molecule has 0 radical (unpaired) electrons. The van der Waals surface area contributed by atoms with E-state index in [2.05, 4.69) is 10.6 Å². The maximum Gasteiger partial charge on any atom is 0.270 e. The van der Waals surface area contributed by atoms with Crippen LogP contribution in [0, 0.1) is 0 Å². The van der Waals surface area contributed by atoms with Crippen molar-refractivity contribution in [1.29, 1.82) is 0 Å². The number of hydrogen-bond acceptors (Lipinski definition) is 4. The Hall–Kier alpha value is -3.80. The Morgan fingerprint density at radius 3 is 2.45 bits per heavy atom. The number of carbonyl (C=O) groups is 2. The Bertz CT molecular complexity index is 1020. The molecule has 2 N–H and O–H groups in total. The molecule has 0 saturated heterocycles. The first-order valence-corrected chi connectivity index (χ1v) is 9.29. The second-order valence-electron chi connectivity index (χ2n) is 6.67. The van der Waals surface area contributed by atoms with Crippen LogP contribution in [-0.4, -0.2) is 17.9 Å². The Kier molecular flexibility index (Phi) is 5.16. The van der Waals surface area contributed by atoms with Gasteiger partial charge >= 0.3 is 0 Å². The summed E-state index contributed by atoms with van der Waals surface area (Å²) in [6.07, 6.45) is -1.38. The van der Waals surface area contributed by atoms with Crippen molar-refractivity contribution in [2.24, 2.45) is 0 Å². The summed E-state index contributed by atoms with van der Waals surface area (Å²) in [6, 6.07) is 23.6. The van der Waals surface area contributed by atoms with Crippen molar-refractivity contribution in [2.45, 2.75) is 19.1 Å². The first-order valence-electron chi connectivity index (χ1n) is 9.29. The Balaban J connectivity index is 1.57. The van der Waals surface area contributed by atoms with Gasteiger partial charge in [0.1, 0.15) is 11.5 Å². The van der Waals surface area contributed by atoms with Crippen LogP contribution in [0.25, 0.3) is 0 Å². The summed E-state index contributed by atoms with van der Waals surface area (Å²) in [5, 5.41) is 5.64. The summed E-state index contributed by atoms with van der Waals surface area (Å²) in [5.74, 6) is 0.610. The van der Waals surface area contributed by atoms with Gasteiger partial charge in [0, 0.05) is 11.3 Å². The second kappa shape index (κ2) is 8.06. The lowest BCUT2D eigenvalue weighted by molar-refractivity contribution is -0.123. The third-order valence-corrected chi connectivity index (χ3v) is 4.52. The monoisotopic (exact) mass is 388 g/mol. The first kappa shape index (κ1) is 18.6. The number of carbonyl (C=O) groups excluding carboxylic acids is 2. The van der Waals surface area contributed by atoms with E-state index in [1.54, 1.807) is 37.3 Å². The van der Waals surface area contributed by atoms with E-state index in [0.29, 0.717) is 22.9 Å². The van der Waals surface area contributed by atoms with Crippen molar-refractivity contribution in [3.63, 3.8) is 0 Å². The normalized spacial score (nSPS) is 16.0. The second-order valence-corrected chi connectivity index (χ2v) is 6.67. The fourth-order valence-corrected chi connectivity index (χ4v) is 3.03. The van der Waals surface area contributed by atoms with Crippen LogP contribution >= 0.6 is 0 Å². The zero-order chi connectivity index (χ0) is 20.2. The smallest absolute Gasteiger partial charge is 0.270 e. The summed E-state index contributed by atoms with van der Waals surface area (Å²) in [4.78, 5) is 24.9. The summed E-state index contributed by atoms with van der Waals surface area (Å²) >= 11 is 0. The Labute approximate surface area is 168 Å². The molecule has 0 spiro atoms. The highest BCUT2D eigenvalue weighted by atomic mass is 16.5. The van der Waals surface area contributed by atoms with Crippen LogP contribution in [0.2, 0.25) is 0 Å². The molecule has 0 fully saturated rings. The molecule has 1 heterocycles. The zero-order valence-electron chi connectivity index (χ0n) is 15.8. The Morgan fingerprint density at radius 2 is 1.72 bits per heavy atom. The third-order valence-electron chi connectivity index (χ3n) is 4.52. The van der Waals surface area contributed by atoms with Gasteiger partial charge in [0.2, 0.25) is 6.10 Å². The summed E-state index contributed by atoms with van der Waals surface area (Å²) in [5.41, 5.74) is 1.79. The maximum absolute atomic E-state index is 13.0. The largest absolute Gasteiger partial charge is 0.479 e. The lowest BCUT2D eigenvalue weighted by Gasteiger charge is -2.24. The van der Waals surface area contributed by atoms with Crippen molar-refractivity contribution in [2.75, 3.05) is 10.6 Å². The molecule has 0 aliphatic carbocycles. The van der Waals surface area contributed by atoms with Gasteiger partial charge in [0.05, 0.1) is 5.69 Å². The number of amides is 2. The van der Waals surface area contributed by atoms with Crippen molar-refractivity contribution in [1.82, 2.24) is 0 Å². The van der Waals surface area contributed by atoms with Crippen LogP contribution in [-0.2, 0) is 9.59 Å². The van der Waals surface area contributed by atoms with E-state index in [1.165, 1.54) is 0 Å². The van der Waals surface area contributed by atoms with E-state index in [-0.39, 0.29) is 11.8 Å². The molecule has 2 atom stereocenters. The quantitative estimate of drug-likeness (QED) is 0.688. The number of benzene rings is 3. The van der Waals surface area contributed by atoms with Crippen LogP contribution in [0.5, 0.6) is 11.5 Å². The van der Waals surface area contributed by atoms with E-state index in [1.807, 2.05) is 48.5 Å². The standard InChI is InChI=1S/C23H20N2O4/c1-15-22(26)25-19-14-17(12-13-20(19)28-15)24-23(27)21(16-8-4-2-5-9-16)29-18-10-6-3-7-11-18/h2-15,21H,1H3,(H,24,27)(H,25,26)/t15-,21-/m1/s1. The molecule has 0 bridgehead atoms. The first-order chi connectivity index (χ1) is 14.1. The van der Waals surface area contributed by atoms with E-state index < -0.39 is 12.2 Å². The van der Waals surface area contributed by atoms with Crippen molar-refractivity contribution in [3.05, 3.63) is 84.4 Å². The third kappa shape index (κ3) is 4.21. The Morgan fingerprint density at radius 1 is 1.03 bits per heavy atom. The summed E-state index contributed by atoms with van der Waals surface area (Å²) in [6.45, 7) is 1.68. The number of para-hydroxylation sites is 1. The van der Waals surface area contributed by atoms with Crippen molar-refractivity contribution >= 4 is 23.2 Å². The zero-order valence-corrected chi connectivity index (χ0v) is 15.8. The minimum absolute atomic E-state index is 0.226. The van der Waals surface area contributed by atoms with E-state index in [9.17, 15) is 9.59 Å². The molecule has 6 heteroatoms. The number of ether oxygens (including phenoxy) is 2. The topological polar surface area (TPSA) is 76.7 Å². The molecule has 146 valence electrons. The number of fused-ring (bicyclic) bond motifs is 1. The fraction of sp³-hybridized carbons (Fsp3) is 0.130. The molecule has 0 saturated carbocycles. The molecule has 29 heavy (non-hydrogen) atoms. The van der Waals surface area contributed by atoms with Gasteiger partial charge in [-0.2, -0.15) is 0 Å². The lowest BCUT2D eigenvalue weighted by Crippen LogP contribution is -2.34. The predicted octanol–water partition coefficient (Wildman–Crippen LogP) is 4.16. The SMILES string of the molecule is C[C@H]1Oc2ccc(NC(=O)[C@H](Oc3ccccc3)c3ccccc3)cc2NC1=O. The summed E-state index contributed by atoms with van der Waals surface area (Å²) < 4.78 is 11.5. The van der Waals surface area contributed by atoms with E-state index in [4.69, 9.17) is 9.47 Å². The molecule has 3 aromatic rings. The highest BCUT2D eigenvalue weighted by molar-refractivity contribution is 6.00.